The third kappa shape index (κ3) is 3.71. The fourth-order valence-corrected chi connectivity index (χ4v) is 2.38. The minimum atomic E-state index is -0.202. The van der Waals surface area contributed by atoms with Crippen molar-refractivity contribution in [2.24, 2.45) is 0 Å². The number of hydrogen-bond acceptors (Lipinski definition) is 7. The molecule has 1 aliphatic rings. The summed E-state index contributed by atoms with van der Waals surface area (Å²) in [6.07, 6.45) is 0.389. The lowest BCUT2D eigenvalue weighted by Crippen LogP contribution is -2.49. The van der Waals surface area contributed by atoms with Gasteiger partial charge < -0.3 is 9.64 Å². The molecule has 0 saturated carbocycles. The summed E-state index contributed by atoms with van der Waals surface area (Å²) in [5, 5.41) is 5.44. The average molecular weight is 284 g/mol. The highest BCUT2D eigenvalue weighted by atomic mass is 32.1. The maximum atomic E-state index is 12.0. The first-order valence-electron chi connectivity index (χ1n) is 6.06. The van der Waals surface area contributed by atoms with E-state index in [2.05, 4.69) is 19.2 Å². The van der Waals surface area contributed by atoms with E-state index in [0.29, 0.717) is 31.7 Å². The van der Waals surface area contributed by atoms with Gasteiger partial charge in [0.15, 0.2) is 5.69 Å². The monoisotopic (exact) mass is 284 g/mol. The topological polar surface area (TPSA) is 75.6 Å². The van der Waals surface area contributed by atoms with E-state index in [-0.39, 0.29) is 11.9 Å². The Bertz CT molecular complexity index is 429. The van der Waals surface area contributed by atoms with Gasteiger partial charge in [-0.15, -0.1) is 5.10 Å². The van der Waals surface area contributed by atoms with Crippen molar-refractivity contribution in [2.75, 3.05) is 39.8 Å². The van der Waals surface area contributed by atoms with Crippen LogP contribution in [0.1, 0.15) is 16.9 Å². The molecule has 0 aromatic carbocycles. The van der Waals surface area contributed by atoms with Crippen molar-refractivity contribution in [3.05, 3.63) is 11.1 Å². The van der Waals surface area contributed by atoms with Crippen LogP contribution in [0.5, 0.6) is 0 Å². The number of nitrogens with zero attached hydrogens (tertiary/aromatic N) is 4. The van der Waals surface area contributed by atoms with Crippen LogP contribution in [0.25, 0.3) is 0 Å². The highest BCUT2D eigenvalue weighted by molar-refractivity contribution is 7.03. The molecule has 2 rings (SSSR count). The van der Waals surface area contributed by atoms with Gasteiger partial charge >= 0.3 is 5.97 Å². The number of esters is 1. The minimum Gasteiger partial charge on any atom is -0.469 e. The molecule has 1 amide bonds. The molecule has 1 aromatic heterocycles. The van der Waals surface area contributed by atoms with Crippen molar-refractivity contribution >= 4 is 23.4 Å². The maximum Gasteiger partial charge on any atom is 0.306 e. The fourth-order valence-electron chi connectivity index (χ4n) is 1.95. The van der Waals surface area contributed by atoms with Crippen LogP contribution >= 0.6 is 11.5 Å². The number of piperazine rings is 1. The number of rotatable bonds is 4. The van der Waals surface area contributed by atoms with E-state index in [1.807, 2.05) is 0 Å². The second-order valence-electron chi connectivity index (χ2n) is 4.25. The molecule has 0 spiro atoms. The summed E-state index contributed by atoms with van der Waals surface area (Å²) in [6, 6.07) is 0. The van der Waals surface area contributed by atoms with Crippen LogP contribution in [0.3, 0.4) is 0 Å². The van der Waals surface area contributed by atoms with Crippen molar-refractivity contribution in [2.45, 2.75) is 6.42 Å². The molecule has 1 saturated heterocycles. The van der Waals surface area contributed by atoms with Gasteiger partial charge in [0.1, 0.15) is 0 Å². The molecule has 0 atom stereocenters. The van der Waals surface area contributed by atoms with Crippen LogP contribution in [0, 0.1) is 0 Å². The number of ether oxygens (including phenoxy) is 1. The minimum absolute atomic E-state index is 0.0682. The standard InChI is InChI=1S/C11H16N4O3S/c1-18-10(16)2-3-14-4-6-15(7-5-14)11(17)9-8-19-13-12-9/h8H,2-7H2,1H3. The van der Waals surface area contributed by atoms with E-state index >= 15 is 0 Å². The Balaban J connectivity index is 1.76. The summed E-state index contributed by atoms with van der Waals surface area (Å²) in [4.78, 5) is 27.0. The van der Waals surface area contributed by atoms with Gasteiger partial charge in [-0.3, -0.25) is 14.5 Å². The zero-order chi connectivity index (χ0) is 13.7. The molecule has 1 aromatic rings. The summed E-state index contributed by atoms with van der Waals surface area (Å²) in [5.74, 6) is -0.270. The molecule has 0 bridgehead atoms. The van der Waals surface area contributed by atoms with E-state index in [4.69, 9.17) is 0 Å². The van der Waals surface area contributed by atoms with Gasteiger partial charge in [-0.25, -0.2) is 0 Å². The molecule has 8 heteroatoms. The van der Waals surface area contributed by atoms with E-state index in [0.717, 1.165) is 13.1 Å². The molecular weight excluding hydrogens is 268 g/mol. The van der Waals surface area contributed by atoms with Crippen LogP contribution in [0.15, 0.2) is 5.38 Å². The van der Waals surface area contributed by atoms with Gasteiger partial charge in [0.2, 0.25) is 0 Å². The Labute approximate surface area is 115 Å². The second kappa shape index (κ2) is 6.58. The molecule has 0 aliphatic carbocycles. The van der Waals surface area contributed by atoms with E-state index in [1.165, 1.54) is 18.6 Å². The Morgan fingerprint density at radius 1 is 1.37 bits per heavy atom. The van der Waals surface area contributed by atoms with Crippen molar-refractivity contribution in [1.29, 1.82) is 0 Å². The van der Waals surface area contributed by atoms with Crippen molar-refractivity contribution < 1.29 is 14.3 Å². The lowest BCUT2D eigenvalue weighted by Gasteiger charge is -2.34. The molecular formula is C11H16N4O3S. The third-order valence-electron chi connectivity index (χ3n) is 3.10. The number of methoxy groups -OCH3 is 1. The van der Waals surface area contributed by atoms with Gasteiger partial charge in [-0.2, -0.15) is 0 Å². The number of carbonyl (C=O) groups excluding carboxylic acids is 2. The highest BCUT2D eigenvalue weighted by Crippen LogP contribution is 2.08. The van der Waals surface area contributed by atoms with Gasteiger partial charge in [-0.05, 0) is 11.5 Å². The Kier molecular flexibility index (Phi) is 4.80. The Hall–Kier alpha value is -1.54. The molecule has 0 unspecified atom stereocenters. The summed E-state index contributed by atoms with van der Waals surface area (Å²) >= 11 is 1.18. The molecule has 104 valence electrons. The molecule has 1 aliphatic heterocycles. The molecule has 1 fully saturated rings. The Morgan fingerprint density at radius 2 is 2.11 bits per heavy atom. The second-order valence-corrected chi connectivity index (χ2v) is 4.86. The number of amides is 1. The summed E-state index contributed by atoms with van der Waals surface area (Å²) < 4.78 is 8.30. The molecule has 7 nitrogen and oxygen atoms in total. The average Bonchev–Trinajstić information content (AvgIpc) is 2.98. The Morgan fingerprint density at radius 3 is 2.68 bits per heavy atom. The first-order chi connectivity index (χ1) is 9.20. The lowest BCUT2D eigenvalue weighted by molar-refractivity contribution is -0.141. The van der Waals surface area contributed by atoms with Crippen LogP contribution in [-0.2, 0) is 9.53 Å². The first-order valence-corrected chi connectivity index (χ1v) is 6.90. The van der Waals surface area contributed by atoms with Gasteiger partial charge in [-0.1, -0.05) is 4.49 Å². The van der Waals surface area contributed by atoms with Crippen molar-refractivity contribution in [1.82, 2.24) is 19.4 Å². The predicted molar refractivity (Wildman–Crippen MR) is 68.9 cm³/mol. The quantitative estimate of drug-likeness (QED) is 0.716. The largest absolute Gasteiger partial charge is 0.469 e. The van der Waals surface area contributed by atoms with Gasteiger partial charge in [0.05, 0.1) is 13.5 Å². The summed E-state index contributed by atoms with van der Waals surface area (Å²) in [6.45, 7) is 3.50. The smallest absolute Gasteiger partial charge is 0.306 e. The third-order valence-corrected chi connectivity index (χ3v) is 3.60. The van der Waals surface area contributed by atoms with E-state index in [1.54, 1.807) is 10.3 Å². The molecule has 2 heterocycles. The maximum absolute atomic E-state index is 12.0. The van der Waals surface area contributed by atoms with Gasteiger partial charge in [0, 0.05) is 38.1 Å². The van der Waals surface area contributed by atoms with Gasteiger partial charge in [0.25, 0.3) is 5.91 Å². The van der Waals surface area contributed by atoms with Crippen molar-refractivity contribution in [3.8, 4) is 0 Å². The normalized spacial score (nSPS) is 16.4. The number of aromatic nitrogens is 2. The van der Waals surface area contributed by atoms with E-state index in [9.17, 15) is 9.59 Å². The number of hydrogen-bond donors (Lipinski definition) is 0. The lowest BCUT2D eigenvalue weighted by atomic mass is 10.2. The van der Waals surface area contributed by atoms with Crippen LogP contribution < -0.4 is 0 Å². The molecule has 19 heavy (non-hydrogen) atoms. The molecule has 0 radical (unpaired) electrons. The van der Waals surface area contributed by atoms with E-state index < -0.39 is 0 Å². The van der Waals surface area contributed by atoms with Crippen LogP contribution in [-0.4, -0.2) is 71.1 Å². The SMILES string of the molecule is COC(=O)CCN1CCN(C(=O)c2csnn2)CC1. The highest BCUT2D eigenvalue weighted by Gasteiger charge is 2.23. The zero-order valence-corrected chi connectivity index (χ0v) is 11.6. The molecule has 0 N–H and O–H groups in total. The fraction of sp³-hybridized carbons (Fsp3) is 0.636. The first kappa shape index (κ1) is 13.9. The van der Waals surface area contributed by atoms with Crippen LogP contribution in [0.4, 0.5) is 0 Å². The summed E-state index contributed by atoms with van der Waals surface area (Å²) in [7, 11) is 1.39. The number of carbonyl (C=O) groups is 2. The predicted octanol–water partition coefficient (Wildman–Crippen LogP) is -0.141. The van der Waals surface area contributed by atoms with Crippen LogP contribution in [0.2, 0.25) is 0 Å². The summed E-state index contributed by atoms with van der Waals surface area (Å²) in [5.41, 5.74) is 0.410. The zero-order valence-electron chi connectivity index (χ0n) is 10.7. The van der Waals surface area contributed by atoms with Crippen molar-refractivity contribution in [3.63, 3.8) is 0 Å².